The van der Waals surface area contributed by atoms with Gasteiger partial charge in [-0.1, -0.05) is 6.08 Å². The summed E-state index contributed by atoms with van der Waals surface area (Å²) in [4.78, 5) is 32.9. The lowest BCUT2D eigenvalue weighted by Gasteiger charge is -2.13. The van der Waals surface area contributed by atoms with E-state index in [9.17, 15) is 19.7 Å². The first kappa shape index (κ1) is 17.1. The van der Waals surface area contributed by atoms with Gasteiger partial charge in [0.05, 0.1) is 11.3 Å². The van der Waals surface area contributed by atoms with Crippen LogP contribution < -0.4 is 16.4 Å². The molecule has 9 heteroatoms. The van der Waals surface area contributed by atoms with Gasteiger partial charge in [0.1, 0.15) is 11.7 Å². The molecule has 118 valence electrons. The highest BCUT2D eigenvalue weighted by Gasteiger charge is 2.21. The van der Waals surface area contributed by atoms with Gasteiger partial charge in [0.15, 0.2) is 0 Å². The minimum atomic E-state index is -1.18. The number of amides is 1. The van der Waals surface area contributed by atoms with E-state index < -0.39 is 22.8 Å². The second-order valence-electron chi connectivity index (χ2n) is 4.37. The summed E-state index contributed by atoms with van der Waals surface area (Å²) in [6.45, 7) is 3.68. The van der Waals surface area contributed by atoms with Gasteiger partial charge in [0.2, 0.25) is 5.91 Å². The molecule has 0 spiro atoms. The van der Waals surface area contributed by atoms with Crippen molar-refractivity contribution in [2.75, 3.05) is 17.6 Å². The molecule has 0 saturated heterocycles. The van der Waals surface area contributed by atoms with Crippen LogP contribution in [0.3, 0.4) is 0 Å². The van der Waals surface area contributed by atoms with Crippen LogP contribution in [0.4, 0.5) is 17.1 Å². The molecule has 9 nitrogen and oxygen atoms in total. The summed E-state index contributed by atoms with van der Waals surface area (Å²) in [7, 11) is 0. The van der Waals surface area contributed by atoms with E-state index in [1.807, 2.05) is 0 Å². The number of benzene rings is 1. The summed E-state index contributed by atoms with van der Waals surface area (Å²) < 4.78 is 0. The molecule has 0 aliphatic heterocycles. The van der Waals surface area contributed by atoms with Gasteiger partial charge in [-0.05, 0) is 12.1 Å². The SMILES string of the molecule is C=CCN[C@@H](CC(=O)Nc1ccc(N)c([N+](=O)[O-])c1)C(=O)O. The van der Waals surface area contributed by atoms with Crippen LogP contribution in [0.5, 0.6) is 0 Å². The van der Waals surface area contributed by atoms with E-state index in [-0.39, 0.29) is 30.0 Å². The number of nitro groups is 1. The van der Waals surface area contributed by atoms with Crippen molar-refractivity contribution in [2.45, 2.75) is 12.5 Å². The molecule has 0 aromatic heterocycles. The third kappa shape index (κ3) is 4.87. The molecule has 0 aliphatic rings. The van der Waals surface area contributed by atoms with Crippen molar-refractivity contribution in [1.29, 1.82) is 0 Å². The molecule has 1 aromatic rings. The number of carbonyl (C=O) groups is 2. The molecule has 1 aromatic carbocycles. The lowest BCUT2D eigenvalue weighted by Crippen LogP contribution is -2.39. The Morgan fingerprint density at radius 3 is 2.73 bits per heavy atom. The van der Waals surface area contributed by atoms with Crippen molar-refractivity contribution < 1.29 is 19.6 Å². The molecule has 0 radical (unpaired) electrons. The first-order valence-electron chi connectivity index (χ1n) is 6.26. The summed E-state index contributed by atoms with van der Waals surface area (Å²) in [6, 6.07) is 2.72. The highest BCUT2D eigenvalue weighted by molar-refractivity contribution is 5.94. The molecule has 0 bridgehead atoms. The zero-order valence-electron chi connectivity index (χ0n) is 11.6. The average Bonchev–Trinajstić information content (AvgIpc) is 2.44. The Balaban J connectivity index is 2.75. The highest BCUT2D eigenvalue weighted by Crippen LogP contribution is 2.25. The van der Waals surface area contributed by atoms with Crippen LogP contribution in [-0.2, 0) is 9.59 Å². The van der Waals surface area contributed by atoms with Crippen LogP contribution in [0.1, 0.15) is 6.42 Å². The van der Waals surface area contributed by atoms with Crippen molar-refractivity contribution in [3.05, 3.63) is 41.0 Å². The van der Waals surface area contributed by atoms with Crippen molar-refractivity contribution in [1.82, 2.24) is 5.32 Å². The summed E-state index contributed by atoms with van der Waals surface area (Å²) in [5.74, 6) is -1.77. The Morgan fingerprint density at radius 1 is 1.50 bits per heavy atom. The third-order valence-electron chi connectivity index (χ3n) is 2.71. The van der Waals surface area contributed by atoms with Crippen molar-refractivity contribution in [3.63, 3.8) is 0 Å². The summed E-state index contributed by atoms with van der Waals surface area (Å²) in [5.41, 5.74) is 5.25. The van der Waals surface area contributed by atoms with Gasteiger partial charge < -0.3 is 21.5 Å². The molecule has 0 heterocycles. The Kier molecular flexibility index (Phi) is 6.02. The Hall–Kier alpha value is -2.94. The number of anilines is 2. The van der Waals surface area contributed by atoms with Crippen LogP contribution in [0.25, 0.3) is 0 Å². The van der Waals surface area contributed by atoms with Crippen LogP contribution in [0.2, 0.25) is 0 Å². The molecule has 5 N–H and O–H groups in total. The molecule has 0 fully saturated rings. The number of carboxylic acids is 1. The van der Waals surface area contributed by atoms with Crippen molar-refractivity contribution >= 4 is 28.9 Å². The fourth-order valence-corrected chi connectivity index (χ4v) is 1.65. The average molecular weight is 308 g/mol. The first-order valence-corrected chi connectivity index (χ1v) is 6.26. The van der Waals surface area contributed by atoms with E-state index in [1.165, 1.54) is 18.2 Å². The fourth-order valence-electron chi connectivity index (χ4n) is 1.65. The number of hydrogen-bond donors (Lipinski definition) is 4. The lowest BCUT2D eigenvalue weighted by atomic mass is 10.2. The van der Waals surface area contributed by atoms with E-state index in [1.54, 1.807) is 0 Å². The Morgan fingerprint density at radius 2 is 2.18 bits per heavy atom. The maximum Gasteiger partial charge on any atom is 0.321 e. The number of hydrogen-bond acceptors (Lipinski definition) is 6. The van der Waals surface area contributed by atoms with Crippen LogP contribution in [0, 0.1) is 10.1 Å². The topological polar surface area (TPSA) is 148 Å². The van der Waals surface area contributed by atoms with E-state index in [0.29, 0.717) is 0 Å². The number of carboxylic acid groups (broad SMARTS) is 1. The van der Waals surface area contributed by atoms with E-state index in [4.69, 9.17) is 10.8 Å². The lowest BCUT2D eigenvalue weighted by molar-refractivity contribution is -0.383. The molecule has 1 amide bonds. The molecule has 0 unspecified atom stereocenters. The number of nitrogens with zero attached hydrogens (tertiary/aromatic N) is 1. The standard InChI is InChI=1S/C13H16N4O5/c1-2-5-15-10(13(19)20)7-12(18)16-8-3-4-9(14)11(6-8)17(21)22/h2-4,6,10,15H,1,5,7,14H2,(H,16,18)(H,19,20)/t10-/m0/s1. The summed E-state index contributed by atoms with van der Waals surface area (Å²) in [6.07, 6.45) is 1.14. The van der Waals surface area contributed by atoms with Gasteiger partial charge in [-0.25, -0.2) is 0 Å². The summed E-state index contributed by atoms with van der Waals surface area (Å²) >= 11 is 0. The van der Waals surface area contributed by atoms with Crippen LogP contribution in [-0.4, -0.2) is 34.5 Å². The number of rotatable bonds is 8. The maximum absolute atomic E-state index is 11.8. The number of aliphatic carboxylic acids is 1. The second-order valence-corrected chi connectivity index (χ2v) is 4.37. The molecule has 1 rings (SSSR count). The van der Waals surface area contributed by atoms with Gasteiger partial charge in [-0.15, -0.1) is 6.58 Å². The molecule has 22 heavy (non-hydrogen) atoms. The van der Waals surface area contributed by atoms with Gasteiger partial charge in [-0.2, -0.15) is 0 Å². The summed E-state index contributed by atoms with van der Waals surface area (Å²) in [5, 5.41) is 24.8. The number of nitro benzene ring substituents is 1. The Labute approximate surface area is 126 Å². The maximum atomic E-state index is 11.8. The van der Waals surface area contributed by atoms with Gasteiger partial charge in [-0.3, -0.25) is 19.7 Å². The smallest absolute Gasteiger partial charge is 0.321 e. The normalized spacial score (nSPS) is 11.5. The highest BCUT2D eigenvalue weighted by atomic mass is 16.6. The predicted molar refractivity (Wildman–Crippen MR) is 80.4 cm³/mol. The second kappa shape index (κ2) is 7.74. The largest absolute Gasteiger partial charge is 0.480 e. The minimum Gasteiger partial charge on any atom is -0.480 e. The zero-order chi connectivity index (χ0) is 16.7. The number of nitrogen functional groups attached to an aromatic ring is 1. The van der Waals surface area contributed by atoms with E-state index in [0.717, 1.165) is 6.07 Å². The molecular weight excluding hydrogens is 292 g/mol. The van der Waals surface area contributed by atoms with Gasteiger partial charge >= 0.3 is 5.97 Å². The zero-order valence-corrected chi connectivity index (χ0v) is 11.6. The minimum absolute atomic E-state index is 0.0286. The molecule has 0 aliphatic carbocycles. The quantitative estimate of drug-likeness (QED) is 0.239. The Bertz CT molecular complexity index is 602. The van der Waals surface area contributed by atoms with E-state index >= 15 is 0 Å². The molecule has 1 atom stereocenters. The third-order valence-corrected chi connectivity index (χ3v) is 2.71. The monoisotopic (exact) mass is 308 g/mol. The predicted octanol–water partition coefficient (Wildman–Crippen LogP) is 0.734. The van der Waals surface area contributed by atoms with Gasteiger partial charge in [0, 0.05) is 18.3 Å². The van der Waals surface area contributed by atoms with Crippen molar-refractivity contribution in [3.8, 4) is 0 Å². The number of carbonyl (C=O) groups excluding carboxylic acids is 1. The first-order chi connectivity index (χ1) is 10.3. The van der Waals surface area contributed by atoms with Crippen molar-refractivity contribution in [2.24, 2.45) is 0 Å². The van der Waals surface area contributed by atoms with E-state index in [2.05, 4.69) is 17.2 Å². The molecular formula is C13H16N4O5. The number of nitrogens with one attached hydrogen (secondary N) is 2. The fraction of sp³-hybridized carbons (Fsp3) is 0.231. The molecule has 0 saturated carbocycles. The van der Waals surface area contributed by atoms with Crippen LogP contribution in [0.15, 0.2) is 30.9 Å². The number of nitrogens with two attached hydrogens (primary N) is 1. The van der Waals surface area contributed by atoms with Gasteiger partial charge in [0.25, 0.3) is 5.69 Å². The van der Waals surface area contributed by atoms with Crippen LogP contribution >= 0.6 is 0 Å².